The highest BCUT2D eigenvalue weighted by atomic mass is 19.1. The van der Waals surface area contributed by atoms with E-state index in [-0.39, 0.29) is 36.0 Å². The van der Waals surface area contributed by atoms with Crippen LogP contribution in [0.25, 0.3) is 11.3 Å². The van der Waals surface area contributed by atoms with E-state index in [0.717, 1.165) is 12.1 Å². The van der Waals surface area contributed by atoms with Crippen LogP contribution in [0.4, 0.5) is 14.5 Å². The molecule has 7 heteroatoms. The molecule has 0 saturated heterocycles. The van der Waals surface area contributed by atoms with Gasteiger partial charge in [0.2, 0.25) is 0 Å². The lowest BCUT2D eigenvalue weighted by Gasteiger charge is -2.21. The Kier molecular flexibility index (Phi) is 5.92. The Bertz CT molecular complexity index is 691. The molecule has 1 N–H and O–H groups in total. The van der Waals surface area contributed by atoms with Crippen molar-refractivity contribution in [2.75, 3.05) is 25.6 Å². The average Bonchev–Trinajstić information content (AvgIpc) is 3.02. The number of carbonyl (C=O) groups excluding carboxylic acids is 1. The summed E-state index contributed by atoms with van der Waals surface area (Å²) in [5.41, 5.74) is 0.486. The zero-order valence-electron chi connectivity index (χ0n) is 13.5. The van der Waals surface area contributed by atoms with E-state index < -0.39 is 11.6 Å². The minimum absolute atomic E-state index is 0.175. The summed E-state index contributed by atoms with van der Waals surface area (Å²) in [4.78, 5) is 12.5. The minimum Gasteiger partial charge on any atom is -0.469 e. The highest BCUT2D eigenvalue weighted by molar-refractivity contribution is 5.69. The molecule has 130 valence electrons. The van der Waals surface area contributed by atoms with Gasteiger partial charge in [0.15, 0.2) is 0 Å². The number of hydrogen-bond donors (Lipinski definition) is 1. The summed E-state index contributed by atoms with van der Waals surface area (Å²) in [5, 5.41) is 9.22. The fourth-order valence-corrected chi connectivity index (χ4v) is 2.45. The SMILES string of the molecule is COC(=O)CCCN(C)c1c(F)cc(-c2occc2CO)cc1F. The van der Waals surface area contributed by atoms with Gasteiger partial charge in [-0.1, -0.05) is 0 Å². The number of nitrogens with zero attached hydrogens (tertiary/aromatic N) is 1. The van der Waals surface area contributed by atoms with E-state index in [4.69, 9.17) is 4.42 Å². The second kappa shape index (κ2) is 7.92. The summed E-state index contributed by atoms with van der Waals surface area (Å²) < 4.78 is 38.5. The summed E-state index contributed by atoms with van der Waals surface area (Å²) in [6.07, 6.45) is 1.94. The van der Waals surface area contributed by atoms with Gasteiger partial charge in [-0.25, -0.2) is 8.78 Å². The number of halogens is 2. The number of benzene rings is 1. The molecule has 5 nitrogen and oxygen atoms in total. The molecule has 0 amide bonds. The van der Waals surface area contributed by atoms with Gasteiger partial charge in [0, 0.05) is 31.1 Å². The van der Waals surface area contributed by atoms with Crippen molar-refractivity contribution in [3.05, 3.63) is 41.7 Å². The van der Waals surface area contributed by atoms with Crippen molar-refractivity contribution in [3.8, 4) is 11.3 Å². The molecular formula is C17H19F2NO4. The highest BCUT2D eigenvalue weighted by Crippen LogP contribution is 2.31. The first-order valence-electron chi connectivity index (χ1n) is 7.42. The molecule has 0 radical (unpaired) electrons. The van der Waals surface area contributed by atoms with E-state index in [1.165, 1.54) is 24.3 Å². The lowest BCUT2D eigenvalue weighted by molar-refractivity contribution is -0.140. The molecule has 2 aromatic rings. The fraction of sp³-hybridized carbons (Fsp3) is 0.353. The first-order valence-corrected chi connectivity index (χ1v) is 7.42. The van der Waals surface area contributed by atoms with Gasteiger partial charge in [-0.3, -0.25) is 4.79 Å². The second-order valence-corrected chi connectivity index (χ2v) is 5.32. The number of furan rings is 1. The van der Waals surface area contributed by atoms with Gasteiger partial charge in [0.1, 0.15) is 23.1 Å². The lowest BCUT2D eigenvalue weighted by atomic mass is 10.1. The Morgan fingerprint density at radius 3 is 2.58 bits per heavy atom. The molecule has 0 aliphatic carbocycles. The van der Waals surface area contributed by atoms with Crippen LogP contribution in [0.3, 0.4) is 0 Å². The van der Waals surface area contributed by atoms with Crippen molar-refractivity contribution in [1.29, 1.82) is 0 Å². The molecule has 0 fully saturated rings. The van der Waals surface area contributed by atoms with Crippen LogP contribution in [0.1, 0.15) is 18.4 Å². The topological polar surface area (TPSA) is 62.9 Å². The van der Waals surface area contributed by atoms with E-state index in [0.29, 0.717) is 18.5 Å². The van der Waals surface area contributed by atoms with Crippen LogP contribution in [-0.4, -0.2) is 31.8 Å². The number of hydrogen-bond acceptors (Lipinski definition) is 5. The number of carbonyl (C=O) groups is 1. The third-order valence-electron chi connectivity index (χ3n) is 3.68. The van der Waals surface area contributed by atoms with Crippen molar-refractivity contribution in [2.24, 2.45) is 0 Å². The molecule has 0 unspecified atom stereocenters. The van der Waals surface area contributed by atoms with Gasteiger partial charge in [0.25, 0.3) is 0 Å². The summed E-state index contributed by atoms with van der Waals surface area (Å²) in [5.74, 6) is -1.62. The van der Waals surface area contributed by atoms with Crippen LogP contribution in [-0.2, 0) is 16.1 Å². The van der Waals surface area contributed by atoms with Crippen LogP contribution in [0.2, 0.25) is 0 Å². The number of methoxy groups -OCH3 is 1. The van der Waals surface area contributed by atoms with Gasteiger partial charge >= 0.3 is 5.97 Å². The van der Waals surface area contributed by atoms with Gasteiger partial charge in [-0.05, 0) is 24.6 Å². The van der Waals surface area contributed by atoms with Crippen molar-refractivity contribution >= 4 is 11.7 Å². The van der Waals surface area contributed by atoms with E-state index in [1.807, 2.05) is 0 Å². The molecule has 0 saturated carbocycles. The molecule has 0 aliphatic rings. The number of aliphatic hydroxyl groups excluding tert-OH is 1. The largest absolute Gasteiger partial charge is 0.469 e. The van der Waals surface area contributed by atoms with Crippen LogP contribution >= 0.6 is 0 Å². The molecule has 24 heavy (non-hydrogen) atoms. The van der Waals surface area contributed by atoms with Gasteiger partial charge in [0.05, 0.1) is 20.0 Å². The Hall–Kier alpha value is -2.41. The number of esters is 1. The molecule has 1 aromatic heterocycles. The van der Waals surface area contributed by atoms with Crippen LogP contribution in [0.5, 0.6) is 0 Å². The quantitative estimate of drug-likeness (QED) is 0.786. The third-order valence-corrected chi connectivity index (χ3v) is 3.68. The number of rotatable bonds is 7. The summed E-state index contributed by atoms with van der Waals surface area (Å²) in [6.45, 7) is 0.00911. The average molecular weight is 339 g/mol. The second-order valence-electron chi connectivity index (χ2n) is 5.32. The minimum atomic E-state index is -0.745. The number of anilines is 1. The highest BCUT2D eigenvalue weighted by Gasteiger charge is 2.18. The molecule has 0 spiro atoms. The zero-order chi connectivity index (χ0) is 17.7. The monoisotopic (exact) mass is 339 g/mol. The maximum atomic E-state index is 14.4. The molecule has 0 aliphatic heterocycles. The molecule has 0 bridgehead atoms. The predicted octanol–water partition coefficient (Wildman–Crippen LogP) is 3.11. The van der Waals surface area contributed by atoms with Crippen molar-refractivity contribution in [1.82, 2.24) is 0 Å². The lowest BCUT2D eigenvalue weighted by Crippen LogP contribution is -2.22. The fourth-order valence-electron chi connectivity index (χ4n) is 2.45. The Balaban J connectivity index is 2.19. The third kappa shape index (κ3) is 3.91. The van der Waals surface area contributed by atoms with Crippen LogP contribution in [0.15, 0.2) is 28.9 Å². The van der Waals surface area contributed by atoms with Crippen molar-refractivity contribution in [3.63, 3.8) is 0 Å². The first kappa shape index (κ1) is 17.9. The summed E-state index contributed by atoms with van der Waals surface area (Å²) >= 11 is 0. The van der Waals surface area contributed by atoms with E-state index in [9.17, 15) is 18.7 Å². The van der Waals surface area contributed by atoms with Gasteiger partial charge < -0.3 is 19.2 Å². The van der Waals surface area contributed by atoms with Crippen molar-refractivity contribution < 1.29 is 27.8 Å². The molecule has 0 atom stereocenters. The Morgan fingerprint density at radius 1 is 1.33 bits per heavy atom. The van der Waals surface area contributed by atoms with Gasteiger partial charge in [-0.2, -0.15) is 0 Å². The molecule has 2 rings (SSSR count). The van der Waals surface area contributed by atoms with Crippen LogP contribution in [0, 0.1) is 11.6 Å². The summed E-state index contributed by atoms with van der Waals surface area (Å²) in [7, 11) is 2.84. The smallest absolute Gasteiger partial charge is 0.305 e. The first-order chi connectivity index (χ1) is 11.5. The maximum Gasteiger partial charge on any atom is 0.305 e. The number of aliphatic hydroxyl groups is 1. The molecule has 1 heterocycles. The normalized spacial score (nSPS) is 10.7. The Morgan fingerprint density at radius 2 is 2.00 bits per heavy atom. The molecule has 1 aromatic carbocycles. The van der Waals surface area contributed by atoms with E-state index >= 15 is 0 Å². The zero-order valence-corrected chi connectivity index (χ0v) is 13.5. The van der Waals surface area contributed by atoms with Crippen LogP contribution < -0.4 is 4.90 Å². The maximum absolute atomic E-state index is 14.4. The predicted molar refractivity (Wildman–Crippen MR) is 84.5 cm³/mol. The molecular weight excluding hydrogens is 320 g/mol. The van der Waals surface area contributed by atoms with E-state index in [1.54, 1.807) is 7.05 Å². The standard InChI is InChI=1S/C17H19F2NO4/c1-20(6-3-4-15(22)23-2)16-13(18)8-12(9-14(16)19)17-11(10-21)5-7-24-17/h5,7-9,21H,3-4,6,10H2,1-2H3. The summed E-state index contributed by atoms with van der Waals surface area (Å²) in [6, 6.07) is 3.86. The van der Waals surface area contributed by atoms with Crippen molar-refractivity contribution in [2.45, 2.75) is 19.4 Å². The van der Waals surface area contributed by atoms with Gasteiger partial charge in [-0.15, -0.1) is 0 Å². The Labute approximate surface area is 138 Å². The number of ether oxygens (including phenoxy) is 1. The van der Waals surface area contributed by atoms with E-state index in [2.05, 4.69) is 4.74 Å².